The van der Waals surface area contributed by atoms with Crippen LogP contribution in [-0.4, -0.2) is 64.3 Å². The van der Waals surface area contributed by atoms with E-state index in [0.29, 0.717) is 25.3 Å². The monoisotopic (exact) mass is 423 g/mol. The van der Waals surface area contributed by atoms with Gasteiger partial charge in [0.05, 0.1) is 6.04 Å². The molecule has 1 heterocycles. The molecular weight excluding hydrogens is 386 g/mol. The van der Waals surface area contributed by atoms with Crippen LogP contribution in [0, 0.1) is 11.8 Å². The zero-order valence-electron chi connectivity index (χ0n) is 18.6. The van der Waals surface area contributed by atoms with E-state index in [0.717, 1.165) is 32.1 Å². The van der Waals surface area contributed by atoms with E-state index < -0.39 is 35.8 Å². The van der Waals surface area contributed by atoms with Gasteiger partial charge in [0.2, 0.25) is 5.91 Å². The molecule has 8 heteroatoms. The van der Waals surface area contributed by atoms with E-state index in [4.69, 9.17) is 4.74 Å². The minimum absolute atomic E-state index is 0.0947. The SMILES string of the molecule is CCC[C@H](NC(=O)[C@@H]1[C@H]2CCC[C@H]2CN1C(=O)OC(C)(C)C)C(O)C(=O)NC1CC1. The Balaban J connectivity index is 1.71. The first kappa shape index (κ1) is 22.8. The Labute approximate surface area is 179 Å². The largest absolute Gasteiger partial charge is 0.444 e. The molecule has 8 nitrogen and oxygen atoms in total. The minimum atomic E-state index is -1.30. The summed E-state index contributed by atoms with van der Waals surface area (Å²) in [6.45, 7) is 7.88. The number of hydrogen-bond donors (Lipinski definition) is 3. The van der Waals surface area contributed by atoms with Gasteiger partial charge in [-0.05, 0) is 64.7 Å². The third-order valence-electron chi connectivity index (χ3n) is 6.29. The van der Waals surface area contributed by atoms with Gasteiger partial charge in [-0.15, -0.1) is 0 Å². The van der Waals surface area contributed by atoms with Crippen LogP contribution in [0.3, 0.4) is 0 Å². The molecule has 2 aliphatic carbocycles. The van der Waals surface area contributed by atoms with Crippen LogP contribution in [0.2, 0.25) is 0 Å². The number of nitrogens with zero attached hydrogens (tertiary/aromatic N) is 1. The molecule has 0 bridgehead atoms. The van der Waals surface area contributed by atoms with Gasteiger partial charge < -0.3 is 20.5 Å². The van der Waals surface area contributed by atoms with Crippen LogP contribution in [0.4, 0.5) is 4.79 Å². The van der Waals surface area contributed by atoms with Crippen LogP contribution in [-0.2, 0) is 14.3 Å². The van der Waals surface area contributed by atoms with E-state index in [2.05, 4.69) is 10.6 Å². The van der Waals surface area contributed by atoms with Gasteiger partial charge in [-0.25, -0.2) is 4.79 Å². The Morgan fingerprint density at radius 3 is 2.47 bits per heavy atom. The zero-order valence-corrected chi connectivity index (χ0v) is 18.6. The predicted molar refractivity (Wildman–Crippen MR) is 112 cm³/mol. The Morgan fingerprint density at radius 1 is 1.17 bits per heavy atom. The number of ether oxygens (including phenoxy) is 1. The number of fused-ring (bicyclic) bond motifs is 1. The highest BCUT2D eigenvalue weighted by molar-refractivity contribution is 5.88. The molecule has 3 fully saturated rings. The van der Waals surface area contributed by atoms with Crippen molar-refractivity contribution < 1.29 is 24.2 Å². The number of rotatable bonds is 7. The first-order valence-electron chi connectivity index (χ1n) is 11.4. The van der Waals surface area contributed by atoms with Gasteiger partial charge in [-0.2, -0.15) is 0 Å². The van der Waals surface area contributed by atoms with E-state index in [-0.39, 0.29) is 17.9 Å². The van der Waals surface area contributed by atoms with Gasteiger partial charge in [-0.3, -0.25) is 14.5 Å². The van der Waals surface area contributed by atoms with Crippen LogP contribution in [0.1, 0.15) is 72.6 Å². The molecule has 2 saturated carbocycles. The van der Waals surface area contributed by atoms with E-state index in [1.165, 1.54) is 0 Å². The molecule has 0 radical (unpaired) electrons. The summed E-state index contributed by atoms with van der Waals surface area (Å²) in [5.41, 5.74) is -0.641. The standard InChI is InChI=1S/C22H37N3O5/c1-5-7-16(18(26)20(28)23-14-10-11-14)24-19(27)17-15-9-6-8-13(15)12-25(17)21(29)30-22(2,3)4/h13-18,26H,5-12H2,1-4H3,(H,23,28)(H,24,27)/t13-,15-,16-,17-,18?/m0/s1. The summed E-state index contributed by atoms with van der Waals surface area (Å²) in [4.78, 5) is 40.0. The Kier molecular flexibility index (Phi) is 6.95. The molecule has 3 amide bonds. The van der Waals surface area contributed by atoms with Gasteiger partial charge in [0.25, 0.3) is 5.91 Å². The van der Waals surface area contributed by atoms with Crippen LogP contribution in [0.25, 0.3) is 0 Å². The second-order valence-corrected chi connectivity index (χ2v) is 10.1. The van der Waals surface area contributed by atoms with Crippen molar-refractivity contribution in [2.75, 3.05) is 6.54 Å². The maximum Gasteiger partial charge on any atom is 0.410 e. The van der Waals surface area contributed by atoms with Gasteiger partial charge in [0.1, 0.15) is 11.6 Å². The fourth-order valence-corrected chi connectivity index (χ4v) is 4.73. The van der Waals surface area contributed by atoms with Crippen molar-refractivity contribution in [3.8, 4) is 0 Å². The summed E-state index contributed by atoms with van der Waals surface area (Å²) < 4.78 is 5.55. The second kappa shape index (κ2) is 9.12. The molecule has 0 aromatic carbocycles. The fourth-order valence-electron chi connectivity index (χ4n) is 4.73. The van der Waals surface area contributed by atoms with Crippen molar-refractivity contribution >= 4 is 17.9 Å². The molecule has 5 atom stereocenters. The van der Waals surface area contributed by atoms with Gasteiger partial charge in [0, 0.05) is 12.6 Å². The summed E-state index contributed by atoms with van der Waals surface area (Å²) in [5.74, 6) is -0.351. The van der Waals surface area contributed by atoms with Crippen molar-refractivity contribution in [3.63, 3.8) is 0 Å². The van der Waals surface area contributed by atoms with Gasteiger partial charge in [0.15, 0.2) is 6.10 Å². The van der Waals surface area contributed by atoms with Crippen molar-refractivity contribution in [1.29, 1.82) is 0 Å². The molecule has 3 aliphatic rings. The lowest BCUT2D eigenvalue weighted by Crippen LogP contribution is -2.56. The highest BCUT2D eigenvalue weighted by Gasteiger charge is 2.51. The van der Waals surface area contributed by atoms with Crippen LogP contribution < -0.4 is 10.6 Å². The molecule has 3 rings (SSSR count). The fraction of sp³-hybridized carbons (Fsp3) is 0.864. The zero-order chi connectivity index (χ0) is 22.1. The van der Waals surface area contributed by atoms with E-state index in [1.807, 2.05) is 27.7 Å². The number of aliphatic hydroxyl groups excluding tert-OH is 1. The van der Waals surface area contributed by atoms with Crippen molar-refractivity contribution in [3.05, 3.63) is 0 Å². The molecule has 1 aliphatic heterocycles. The molecule has 0 spiro atoms. The lowest BCUT2D eigenvalue weighted by molar-refractivity contribution is -0.134. The number of aliphatic hydroxyl groups is 1. The Bertz CT molecular complexity index is 658. The average Bonchev–Trinajstić information content (AvgIpc) is 3.21. The van der Waals surface area contributed by atoms with Gasteiger partial charge in [-0.1, -0.05) is 19.8 Å². The molecule has 0 aromatic rings. The third kappa shape index (κ3) is 5.45. The minimum Gasteiger partial charge on any atom is -0.444 e. The summed E-state index contributed by atoms with van der Waals surface area (Å²) >= 11 is 0. The predicted octanol–water partition coefficient (Wildman–Crippen LogP) is 1.95. The van der Waals surface area contributed by atoms with E-state index >= 15 is 0 Å². The molecule has 1 saturated heterocycles. The molecular formula is C22H37N3O5. The van der Waals surface area contributed by atoms with Crippen LogP contribution in [0.5, 0.6) is 0 Å². The highest BCUT2D eigenvalue weighted by Crippen LogP contribution is 2.42. The maximum atomic E-state index is 13.3. The van der Waals surface area contributed by atoms with Crippen LogP contribution in [0.15, 0.2) is 0 Å². The van der Waals surface area contributed by atoms with E-state index in [1.54, 1.807) is 4.90 Å². The number of amides is 3. The van der Waals surface area contributed by atoms with Crippen molar-refractivity contribution in [2.24, 2.45) is 11.8 Å². The summed E-state index contributed by atoms with van der Waals surface area (Å²) in [6.07, 6.45) is 4.22. The van der Waals surface area contributed by atoms with Crippen LogP contribution >= 0.6 is 0 Å². The quantitative estimate of drug-likeness (QED) is 0.580. The highest BCUT2D eigenvalue weighted by atomic mass is 16.6. The Hall–Kier alpha value is -1.83. The lowest BCUT2D eigenvalue weighted by atomic mass is 9.93. The molecule has 0 aromatic heterocycles. The average molecular weight is 424 g/mol. The van der Waals surface area contributed by atoms with Crippen molar-refractivity contribution in [2.45, 2.75) is 102 Å². The van der Waals surface area contributed by atoms with E-state index in [9.17, 15) is 19.5 Å². The molecule has 170 valence electrons. The number of likely N-dealkylation sites (tertiary alicyclic amines) is 1. The summed E-state index contributed by atoms with van der Waals surface area (Å²) in [7, 11) is 0. The molecule has 1 unspecified atom stereocenters. The lowest BCUT2D eigenvalue weighted by Gasteiger charge is -2.31. The number of nitrogens with one attached hydrogen (secondary N) is 2. The number of carbonyl (C=O) groups is 3. The van der Waals surface area contributed by atoms with Gasteiger partial charge >= 0.3 is 6.09 Å². The normalized spacial score (nSPS) is 27.9. The van der Waals surface area contributed by atoms with Crippen molar-refractivity contribution in [1.82, 2.24) is 15.5 Å². The smallest absolute Gasteiger partial charge is 0.410 e. The third-order valence-corrected chi connectivity index (χ3v) is 6.29. The second-order valence-electron chi connectivity index (χ2n) is 10.1. The molecule has 30 heavy (non-hydrogen) atoms. The maximum absolute atomic E-state index is 13.3. The number of hydrogen-bond acceptors (Lipinski definition) is 5. The first-order valence-corrected chi connectivity index (χ1v) is 11.4. The Morgan fingerprint density at radius 2 is 1.87 bits per heavy atom. The first-order chi connectivity index (χ1) is 14.1. The number of carbonyl (C=O) groups excluding carboxylic acids is 3. The molecule has 3 N–H and O–H groups in total. The summed E-state index contributed by atoms with van der Waals surface area (Å²) in [6, 6.07) is -1.16. The topological polar surface area (TPSA) is 108 Å². The summed E-state index contributed by atoms with van der Waals surface area (Å²) in [5, 5.41) is 16.3.